The molecule has 100 valence electrons. The second-order valence-corrected chi connectivity index (χ2v) is 4.44. The van der Waals surface area contributed by atoms with Crippen LogP contribution in [0.2, 0.25) is 0 Å². The summed E-state index contributed by atoms with van der Waals surface area (Å²) >= 11 is 0. The fourth-order valence-corrected chi connectivity index (χ4v) is 2.13. The summed E-state index contributed by atoms with van der Waals surface area (Å²) in [6, 6.07) is 2.72. The monoisotopic (exact) mass is 262 g/mol. The summed E-state index contributed by atoms with van der Waals surface area (Å²) in [4.78, 5) is 1.79. The first kappa shape index (κ1) is 13.1. The number of alkyl halides is 3. The zero-order chi connectivity index (χ0) is 13.3. The number of hydrogen-bond donors (Lipinski definition) is 1. The van der Waals surface area contributed by atoms with Gasteiger partial charge < -0.3 is 10.2 Å². The molecule has 1 aliphatic rings. The Labute approximate surface area is 103 Å². The van der Waals surface area contributed by atoms with E-state index in [4.69, 9.17) is 0 Å². The van der Waals surface area contributed by atoms with Crippen LogP contribution in [0.4, 0.5) is 23.2 Å². The number of benzene rings is 1. The van der Waals surface area contributed by atoms with Crippen LogP contribution in [0.3, 0.4) is 0 Å². The van der Waals surface area contributed by atoms with Crippen LogP contribution >= 0.6 is 0 Å². The van der Waals surface area contributed by atoms with Crippen molar-refractivity contribution in [2.45, 2.75) is 19.1 Å². The maximum absolute atomic E-state index is 13.3. The molecule has 1 unspecified atom stereocenters. The highest BCUT2D eigenvalue weighted by atomic mass is 19.4. The van der Waals surface area contributed by atoms with Gasteiger partial charge in [0.15, 0.2) is 0 Å². The van der Waals surface area contributed by atoms with Crippen LogP contribution < -0.4 is 10.2 Å². The summed E-state index contributed by atoms with van der Waals surface area (Å²) in [7, 11) is 0. The molecule has 1 aromatic carbocycles. The lowest BCUT2D eigenvalue weighted by Gasteiger charge is -2.36. The minimum atomic E-state index is -4.52. The van der Waals surface area contributed by atoms with Gasteiger partial charge in [0.05, 0.1) is 5.56 Å². The Hall–Kier alpha value is -1.30. The lowest BCUT2D eigenvalue weighted by molar-refractivity contribution is -0.137. The molecule has 1 N–H and O–H groups in total. The van der Waals surface area contributed by atoms with Crippen LogP contribution in [0.25, 0.3) is 0 Å². The van der Waals surface area contributed by atoms with Crippen molar-refractivity contribution in [1.82, 2.24) is 5.32 Å². The van der Waals surface area contributed by atoms with Gasteiger partial charge in [0.2, 0.25) is 0 Å². The van der Waals surface area contributed by atoms with Crippen molar-refractivity contribution in [3.63, 3.8) is 0 Å². The van der Waals surface area contributed by atoms with Gasteiger partial charge in [-0.3, -0.25) is 0 Å². The minimum absolute atomic E-state index is 0.0432. The van der Waals surface area contributed by atoms with Crippen molar-refractivity contribution >= 4 is 5.69 Å². The number of piperazine rings is 1. The molecule has 0 aromatic heterocycles. The normalized spacial score (nSPS) is 21.2. The second kappa shape index (κ2) is 4.76. The molecule has 2 nitrogen and oxygen atoms in total. The number of halogens is 4. The van der Waals surface area contributed by atoms with Gasteiger partial charge in [-0.05, 0) is 25.1 Å². The Balaban J connectivity index is 2.35. The quantitative estimate of drug-likeness (QED) is 0.783. The van der Waals surface area contributed by atoms with E-state index in [9.17, 15) is 17.6 Å². The Bertz CT molecular complexity index is 431. The molecule has 0 saturated carbocycles. The molecule has 2 rings (SSSR count). The predicted octanol–water partition coefficient (Wildman–Crippen LogP) is 2.64. The first-order chi connectivity index (χ1) is 8.38. The molecule has 1 aromatic rings. The van der Waals surface area contributed by atoms with Crippen molar-refractivity contribution in [3.05, 3.63) is 29.6 Å². The van der Waals surface area contributed by atoms with Crippen molar-refractivity contribution in [1.29, 1.82) is 0 Å². The lowest BCUT2D eigenvalue weighted by atomic mass is 10.1. The Kier molecular flexibility index (Phi) is 3.47. The van der Waals surface area contributed by atoms with Crippen molar-refractivity contribution in [2.24, 2.45) is 0 Å². The second-order valence-electron chi connectivity index (χ2n) is 4.44. The summed E-state index contributed by atoms with van der Waals surface area (Å²) in [6.07, 6.45) is -4.52. The smallest absolute Gasteiger partial charge is 0.366 e. The average Bonchev–Trinajstić information content (AvgIpc) is 2.27. The van der Waals surface area contributed by atoms with Crippen molar-refractivity contribution in [3.8, 4) is 0 Å². The highest BCUT2D eigenvalue weighted by Gasteiger charge is 2.32. The topological polar surface area (TPSA) is 15.3 Å². The Morgan fingerprint density at radius 1 is 1.28 bits per heavy atom. The Morgan fingerprint density at radius 3 is 2.61 bits per heavy atom. The predicted molar refractivity (Wildman–Crippen MR) is 61.1 cm³/mol. The van der Waals surface area contributed by atoms with E-state index >= 15 is 0 Å². The molecule has 18 heavy (non-hydrogen) atoms. The van der Waals surface area contributed by atoms with Gasteiger partial charge in [0, 0.05) is 31.4 Å². The molecular weight excluding hydrogens is 248 g/mol. The molecule has 1 saturated heterocycles. The first-order valence-electron chi connectivity index (χ1n) is 5.73. The first-order valence-corrected chi connectivity index (χ1v) is 5.73. The van der Waals surface area contributed by atoms with Crippen LogP contribution in [0.1, 0.15) is 12.5 Å². The highest BCUT2D eigenvalue weighted by Crippen LogP contribution is 2.33. The Morgan fingerprint density at radius 2 is 2.00 bits per heavy atom. The van der Waals surface area contributed by atoms with Gasteiger partial charge in [0.25, 0.3) is 0 Å². The number of anilines is 1. The van der Waals surface area contributed by atoms with Crippen LogP contribution in [-0.2, 0) is 6.18 Å². The summed E-state index contributed by atoms with van der Waals surface area (Å²) in [5, 5.41) is 3.14. The summed E-state index contributed by atoms with van der Waals surface area (Å²) in [5.74, 6) is -0.856. The average molecular weight is 262 g/mol. The fraction of sp³-hybridized carbons (Fsp3) is 0.500. The third-order valence-corrected chi connectivity index (χ3v) is 3.04. The molecule has 1 heterocycles. The summed E-state index contributed by atoms with van der Waals surface area (Å²) < 4.78 is 51.1. The fourth-order valence-electron chi connectivity index (χ4n) is 2.13. The van der Waals surface area contributed by atoms with E-state index < -0.39 is 17.6 Å². The van der Waals surface area contributed by atoms with Gasteiger partial charge in [-0.25, -0.2) is 4.39 Å². The van der Waals surface area contributed by atoms with Gasteiger partial charge in [-0.1, -0.05) is 0 Å². The maximum atomic E-state index is 13.3. The molecule has 1 fully saturated rings. The van der Waals surface area contributed by atoms with Crippen LogP contribution in [0.15, 0.2) is 18.2 Å². The molecule has 1 atom stereocenters. The van der Waals surface area contributed by atoms with E-state index in [1.807, 2.05) is 6.92 Å². The number of hydrogen-bond acceptors (Lipinski definition) is 2. The number of nitrogens with one attached hydrogen (secondary N) is 1. The van der Waals surface area contributed by atoms with Crippen molar-refractivity contribution in [2.75, 3.05) is 24.5 Å². The standard InChI is InChI=1S/C12H14F4N2/c1-8-7-17-2-3-18(8)11-5-9(12(14,15)16)4-10(13)6-11/h4-6,8,17H,2-3,7H2,1H3. The molecule has 0 radical (unpaired) electrons. The van der Waals surface area contributed by atoms with Gasteiger partial charge in [-0.15, -0.1) is 0 Å². The maximum Gasteiger partial charge on any atom is 0.416 e. The summed E-state index contributed by atoms with van der Waals surface area (Å²) in [6.45, 7) is 3.83. The largest absolute Gasteiger partial charge is 0.416 e. The highest BCUT2D eigenvalue weighted by molar-refractivity contribution is 5.51. The van der Waals surface area contributed by atoms with E-state index in [2.05, 4.69) is 5.32 Å². The molecular formula is C12H14F4N2. The summed E-state index contributed by atoms with van der Waals surface area (Å²) in [5.41, 5.74) is -0.653. The molecule has 1 aliphatic heterocycles. The van der Waals surface area contributed by atoms with Crippen LogP contribution in [0.5, 0.6) is 0 Å². The van der Waals surface area contributed by atoms with Gasteiger partial charge >= 0.3 is 6.18 Å². The van der Waals surface area contributed by atoms with Crippen LogP contribution in [0, 0.1) is 5.82 Å². The SMILES string of the molecule is CC1CNCCN1c1cc(F)cc(C(F)(F)F)c1. The third kappa shape index (κ3) is 2.75. The van der Waals surface area contributed by atoms with E-state index in [1.165, 1.54) is 0 Å². The van der Waals surface area contributed by atoms with E-state index in [1.54, 1.807) is 4.90 Å². The van der Waals surface area contributed by atoms with Gasteiger partial charge in [-0.2, -0.15) is 13.2 Å². The molecule has 0 aliphatic carbocycles. The number of nitrogens with zero attached hydrogens (tertiary/aromatic N) is 1. The molecule has 6 heteroatoms. The lowest BCUT2D eigenvalue weighted by Crippen LogP contribution is -2.50. The molecule has 0 spiro atoms. The number of rotatable bonds is 1. The molecule has 0 amide bonds. The minimum Gasteiger partial charge on any atom is -0.366 e. The van der Waals surface area contributed by atoms with E-state index in [-0.39, 0.29) is 11.7 Å². The van der Waals surface area contributed by atoms with Crippen molar-refractivity contribution < 1.29 is 17.6 Å². The van der Waals surface area contributed by atoms with E-state index in [0.717, 1.165) is 12.1 Å². The zero-order valence-electron chi connectivity index (χ0n) is 9.89. The third-order valence-electron chi connectivity index (χ3n) is 3.04. The van der Waals surface area contributed by atoms with Crippen LogP contribution in [-0.4, -0.2) is 25.7 Å². The van der Waals surface area contributed by atoms with Gasteiger partial charge in [0.1, 0.15) is 5.82 Å². The zero-order valence-corrected chi connectivity index (χ0v) is 9.89. The van der Waals surface area contributed by atoms with E-state index in [0.29, 0.717) is 25.7 Å². The molecule has 0 bridgehead atoms.